The van der Waals surface area contributed by atoms with Gasteiger partial charge in [-0.2, -0.15) is 0 Å². The van der Waals surface area contributed by atoms with Crippen molar-refractivity contribution in [3.63, 3.8) is 0 Å². The van der Waals surface area contributed by atoms with Gasteiger partial charge in [-0.1, -0.05) is 206 Å². The van der Waals surface area contributed by atoms with E-state index in [1.54, 1.807) is 0 Å². The zero-order valence-electron chi connectivity index (χ0n) is 33.7. The van der Waals surface area contributed by atoms with Gasteiger partial charge in [0.2, 0.25) is 0 Å². The Labute approximate surface area is 356 Å². The molecule has 0 aliphatic carbocycles. The van der Waals surface area contributed by atoms with Crippen LogP contribution in [0.25, 0.3) is 87.6 Å². The highest BCUT2D eigenvalue weighted by atomic mass is 15.2. The number of benzene rings is 11. The second-order valence-electron chi connectivity index (χ2n) is 16.3. The fourth-order valence-electron chi connectivity index (χ4n) is 10.2. The molecular formula is C60H41N. The standard InChI is InChI=1S/C60H41N/c1-3-17-40(18-4-1)46-37-38-51-54(39-46)59(43-21-5-2-6-22-43)48-24-10-9-23-47(48)57(51)44-33-35-45(36-34-44)58-49-25-11-13-27-52(49)60(53-28-14-12-26-50(53)58)61-55-29-15-7-19-41(55)31-32-42-20-8-16-30-56(42)61/h1-30,33-39H,31-32H2. The largest absolute Gasteiger partial charge is 0.309 e. The van der Waals surface area contributed by atoms with Gasteiger partial charge >= 0.3 is 0 Å². The van der Waals surface area contributed by atoms with Crippen molar-refractivity contribution < 1.29 is 0 Å². The summed E-state index contributed by atoms with van der Waals surface area (Å²) in [5.74, 6) is 0. The fraction of sp³-hybridized carbons (Fsp3) is 0.0333. The molecule has 1 aliphatic heterocycles. The monoisotopic (exact) mass is 775 g/mol. The molecule has 0 fully saturated rings. The Morgan fingerprint density at radius 1 is 0.246 bits per heavy atom. The summed E-state index contributed by atoms with van der Waals surface area (Å²) in [4.78, 5) is 2.55. The number of hydrogen-bond donors (Lipinski definition) is 0. The predicted octanol–water partition coefficient (Wildman–Crippen LogP) is 16.5. The lowest BCUT2D eigenvalue weighted by atomic mass is 9.84. The number of rotatable bonds is 5. The van der Waals surface area contributed by atoms with Crippen LogP contribution in [-0.2, 0) is 12.8 Å². The van der Waals surface area contributed by atoms with Crippen LogP contribution < -0.4 is 4.90 Å². The third kappa shape index (κ3) is 5.77. The molecule has 0 aromatic heterocycles. The number of para-hydroxylation sites is 2. The molecule has 0 spiro atoms. The highest BCUT2D eigenvalue weighted by Gasteiger charge is 2.27. The summed E-state index contributed by atoms with van der Waals surface area (Å²) in [6.45, 7) is 0. The lowest BCUT2D eigenvalue weighted by molar-refractivity contribution is 0.977. The summed E-state index contributed by atoms with van der Waals surface area (Å²) in [5.41, 5.74) is 16.4. The molecule has 11 aromatic carbocycles. The van der Waals surface area contributed by atoms with Gasteiger partial charge in [-0.25, -0.2) is 0 Å². The van der Waals surface area contributed by atoms with Crippen molar-refractivity contribution in [3.8, 4) is 44.5 Å². The van der Waals surface area contributed by atoms with E-state index in [2.05, 4.69) is 229 Å². The minimum atomic E-state index is 1.01. The number of fused-ring (bicyclic) bond motifs is 6. The first-order valence-electron chi connectivity index (χ1n) is 21.4. The molecule has 0 saturated heterocycles. The van der Waals surface area contributed by atoms with E-state index >= 15 is 0 Å². The molecule has 1 nitrogen and oxygen atoms in total. The Hall–Kier alpha value is -7.74. The first kappa shape index (κ1) is 35.2. The molecule has 1 heterocycles. The van der Waals surface area contributed by atoms with E-state index < -0.39 is 0 Å². The maximum Gasteiger partial charge on any atom is 0.0619 e. The van der Waals surface area contributed by atoms with Crippen LogP contribution in [0.2, 0.25) is 0 Å². The molecule has 12 rings (SSSR count). The molecule has 61 heavy (non-hydrogen) atoms. The van der Waals surface area contributed by atoms with Crippen LogP contribution in [0.3, 0.4) is 0 Å². The molecule has 0 bridgehead atoms. The molecule has 1 aliphatic rings. The molecule has 0 unspecified atom stereocenters. The zero-order valence-corrected chi connectivity index (χ0v) is 33.7. The molecule has 11 aromatic rings. The van der Waals surface area contributed by atoms with E-state index in [-0.39, 0.29) is 0 Å². The second kappa shape index (κ2) is 14.5. The third-order valence-corrected chi connectivity index (χ3v) is 12.9. The van der Waals surface area contributed by atoms with Crippen molar-refractivity contribution in [1.82, 2.24) is 0 Å². The van der Waals surface area contributed by atoms with E-state index in [1.165, 1.54) is 116 Å². The zero-order chi connectivity index (χ0) is 40.3. The number of anilines is 3. The van der Waals surface area contributed by atoms with Gasteiger partial charge in [0.05, 0.1) is 5.69 Å². The molecule has 0 radical (unpaired) electrons. The van der Waals surface area contributed by atoms with Crippen LogP contribution in [0.15, 0.2) is 224 Å². The highest BCUT2D eigenvalue weighted by Crippen LogP contribution is 2.51. The molecule has 286 valence electrons. The van der Waals surface area contributed by atoms with E-state index in [0.29, 0.717) is 0 Å². The van der Waals surface area contributed by atoms with Gasteiger partial charge < -0.3 is 4.90 Å². The highest BCUT2D eigenvalue weighted by molar-refractivity contribution is 6.24. The van der Waals surface area contributed by atoms with Crippen molar-refractivity contribution >= 4 is 60.2 Å². The van der Waals surface area contributed by atoms with Gasteiger partial charge in [0, 0.05) is 22.1 Å². The van der Waals surface area contributed by atoms with Gasteiger partial charge in [-0.3, -0.25) is 0 Å². The Bertz CT molecular complexity index is 3350. The van der Waals surface area contributed by atoms with E-state index in [1.807, 2.05) is 0 Å². The molecule has 0 amide bonds. The minimum Gasteiger partial charge on any atom is -0.309 e. The summed E-state index contributed by atoms with van der Waals surface area (Å²) < 4.78 is 0. The second-order valence-corrected chi connectivity index (χ2v) is 16.3. The van der Waals surface area contributed by atoms with Crippen molar-refractivity contribution in [1.29, 1.82) is 0 Å². The van der Waals surface area contributed by atoms with E-state index in [4.69, 9.17) is 0 Å². The Morgan fingerprint density at radius 3 is 1.10 bits per heavy atom. The fourth-order valence-corrected chi connectivity index (χ4v) is 10.2. The van der Waals surface area contributed by atoms with Crippen molar-refractivity contribution in [2.75, 3.05) is 4.90 Å². The van der Waals surface area contributed by atoms with Crippen molar-refractivity contribution in [2.24, 2.45) is 0 Å². The van der Waals surface area contributed by atoms with E-state index in [9.17, 15) is 0 Å². The number of aryl methyl sites for hydroxylation is 2. The molecular weight excluding hydrogens is 735 g/mol. The van der Waals surface area contributed by atoms with Crippen LogP contribution in [0.4, 0.5) is 17.1 Å². The normalized spacial score (nSPS) is 12.4. The maximum absolute atomic E-state index is 2.55. The smallest absolute Gasteiger partial charge is 0.0619 e. The molecule has 0 N–H and O–H groups in total. The predicted molar refractivity (Wildman–Crippen MR) is 260 cm³/mol. The maximum atomic E-state index is 2.55. The summed E-state index contributed by atoms with van der Waals surface area (Å²) in [6.07, 6.45) is 2.02. The van der Waals surface area contributed by atoms with Gasteiger partial charge in [0.1, 0.15) is 0 Å². The molecule has 1 heteroatoms. The van der Waals surface area contributed by atoms with Gasteiger partial charge in [-0.05, 0) is 119 Å². The van der Waals surface area contributed by atoms with Gasteiger partial charge in [0.25, 0.3) is 0 Å². The SMILES string of the molecule is c1ccc(-c2ccc3c(-c4ccc(-c5c6ccccc6c(N6c7ccccc7CCc7ccccc76)c6ccccc56)cc4)c4ccccc4c(-c4ccccc4)c3c2)cc1. The van der Waals surface area contributed by atoms with Crippen LogP contribution in [0, 0.1) is 0 Å². The quantitative estimate of drug-likeness (QED) is 0.157. The summed E-state index contributed by atoms with van der Waals surface area (Å²) >= 11 is 0. The Balaban J connectivity index is 1.08. The van der Waals surface area contributed by atoms with Gasteiger partial charge in [-0.15, -0.1) is 0 Å². The first-order chi connectivity index (χ1) is 30.3. The Morgan fingerprint density at radius 2 is 0.590 bits per heavy atom. The number of hydrogen-bond acceptors (Lipinski definition) is 1. The number of nitrogens with zero attached hydrogens (tertiary/aromatic N) is 1. The average molecular weight is 776 g/mol. The molecule has 0 saturated carbocycles. The Kier molecular flexibility index (Phi) is 8.38. The van der Waals surface area contributed by atoms with Crippen molar-refractivity contribution in [3.05, 3.63) is 236 Å². The van der Waals surface area contributed by atoms with Gasteiger partial charge in [0.15, 0.2) is 0 Å². The van der Waals surface area contributed by atoms with E-state index in [0.717, 1.165) is 12.8 Å². The summed E-state index contributed by atoms with van der Waals surface area (Å²) in [5, 5.41) is 10.0. The van der Waals surface area contributed by atoms with Crippen LogP contribution in [0.5, 0.6) is 0 Å². The lowest BCUT2D eigenvalue weighted by Gasteiger charge is -2.30. The summed E-state index contributed by atoms with van der Waals surface area (Å²) in [7, 11) is 0. The average Bonchev–Trinajstić information content (AvgIpc) is 3.50. The molecule has 0 atom stereocenters. The first-order valence-corrected chi connectivity index (χ1v) is 21.4. The van der Waals surface area contributed by atoms with Crippen molar-refractivity contribution in [2.45, 2.75) is 12.8 Å². The van der Waals surface area contributed by atoms with Crippen LogP contribution in [0.1, 0.15) is 11.1 Å². The topological polar surface area (TPSA) is 3.24 Å². The third-order valence-electron chi connectivity index (χ3n) is 12.9. The van der Waals surface area contributed by atoms with Crippen LogP contribution >= 0.6 is 0 Å². The van der Waals surface area contributed by atoms with Crippen LogP contribution in [-0.4, -0.2) is 0 Å². The minimum absolute atomic E-state index is 1.01. The lowest BCUT2D eigenvalue weighted by Crippen LogP contribution is -2.13. The summed E-state index contributed by atoms with van der Waals surface area (Å²) in [6, 6.07) is 83.0.